The van der Waals surface area contributed by atoms with Crippen LogP contribution in [0.5, 0.6) is 11.5 Å². The molecule has 0 aliphatic heterocycles. The Morgan fingerprint density at radius 1 is 0.853 bits per heavy atom. The van der Waals surface area contributed by atoms with Crippen LogP contribution in [0.1, 0.15) is 6.92 Å². The van der Waals surface area contributed by atoms with Crippen molar-refractivity contribution in [1.82, 2.24) is 0 Å². The molecule has 5 nitrogen and oxygen atoms in total. The molecule has 174 valence electrons. The molecule has 4 aromatic rings. The van der Waals surface area contributed by atoms with Gasteiger partial charge in [0.1, 0.15) is 11.3 Å². The molecule has 3 aromatic carbocycles. The number of esters is 1. The minimum atomic E-state index is -2.36. The van der Waals surface area contributed by atoms with Crippen LogP contribution in [0.25, 0.3) is 22.1 Å². The first-order chi connectivity index (χ1) is 16.2. The van der Waals surface area contributed by atoms with Gasteiger partial charge in [-0.25, -0.2) is 22.8 Å². The Hall–Kier alpha value is -4.21. The minimum absolute atomic E-state index is 0.0864. The maximum absolute atomic E-state index is 13.8. The summed E-state index contributed by atoms with van der Waals surface area (Å²) in [6, 6.07) is 14.5. The largest absolute Gasteiger partial charge is 0.473 e. The molecule has 0 bridgehead atoms. The van der Waals surface area contributed by atoms with E-state index in [0.717, 1.165) is 6.92 Å². The average Bonchev–Trinajstić information content (AvgIpc) is 2.84. The van der Waals surface area contributed by atoms with Crippen molar-refractivity contribution in [3.63, 3.8) is 0 Å². The van der Waals surface area contributed by atoms with Crippen LogP contribution in [-0.2, 0) is 4.79 Å². The molecule has 4 rings (SSSR count). The Kier molecular flexibility index (Phi) is 6.06. The van der Waals surface area contributed by atoms with Crippen LogP contribution >= 0.6 is 0 Å². The van der Waals surface area contributed by atoms with E-state index in [1.54, 1.807) is 36.4 Å². The van der Waals surface area contributed by atoms with Gasteiger partial charge in [0.2, 0.25) is 29.1 Å². The Morgan fingerprint density at radius 3 is 2.12 bits per heavy atom. The third-order valence-corrected chi connectivity index (χ3v) is 4.81. The summed E-state index contributed by atoms with van der Waals surface area (Å²) in [5, 5.41) is 0.518. The van der Waals surface area contributed by atoms with E-state index >= 15 is 0 Å². The quantitative estimate of drug-likeness (QED) is 0.0947. The van der Waals surface area contributed by atoms with Crippen LogP contribution in [0.15, 0.2) is 63.8 Å². The topological polar surface area (TPSA) is 65.7 Å². The molecule has 1 atom stereocenters. The molecule has 0 saturated heterocycles. The van der Waals surface area contributed by atoms with Crippen LogP contribution in [0.3, 0.4) is 0 Å². The average molecular weight is 476 g/mol. The van der Waals surface area contributed by atoms with Crippen molar-refractivity contribution < 1.29 is 40.6 Å². The van der Waals surface area contributed by atoms with Crippen molar-refractivity contribution in [2.75, 3.05) is 0 Å². The number of carbonyl (C=O) groups is 1. The van der Waals surface area contributed by atoms with E-state index in [9.17, 15) is 31.5 Å². The summed E-state index contributed by atoms with van der Waals surface area (Å²) < 4.78 is 82.4. The van der Waals surface area contributed by atoms with E-state index in [1.807, 2.05) is 0 Å². The number of fused-ring (bicyclic) bond motifs is 1. The summed E-state index contributed by atoms with van der Waals surface area (Å²) in [7, 11) is 0. The van der Waals surface area contributed by atoms with Gasteiger partial charge in [0.25, 0.3) is 0 Å². The first kappa shape index (κ1) is 23.0. The molecule has 0 spiro atoms. The number of hydrogen-bond acceptors (Lipinski definition) is 5. The van der Waals surface area contributed by atoms with Crippen molar-refractivity contribution in [3.05, 3.63) is 94.1 Å². The third kappa shape index (κ3) is 4.21. The molecule has 0 aliphatic carbocycles. The number of halogens is 5. The number of benzene rings is 3. The zero-order valence-corrected chi connectivity index (χ0v) is 17.2. The molecule has 1 aromatic heterocycles. The van der Waals surface area contributed by atoms with E-state index in [2.05, 4.69) is 4.74 Å². The summed E-state index contributed by atoms with van der Waals surface area (Å²) in [6.45, 7) is 0.994. The maximum Gasteiger partial charge on any atom is 0.352 e. The summed E-state index contributed by atoms with van der Waals surface area (Å²) in [4.78, 5) is 24.6. The molecule has 10 heteroatoms. The second-order valence-corrected chi connectivity index (χ2v) is 7.09. The SMILES string of the molecule is CC(Oc1c(F)c(F)c(F)c(F)c1F)C(=O)Oc1ccc2cc(-c3ccccc3)c(=O)oc2c1. The van der Waals surface area contributed by atoms with Crippen molar-refractivity contribution in [2.24, 2.45) is 0 Å². The van der Waals surface area contributed by atoms with Crippen molar-refractivity contribution in [1.29, 1.82) is 0 Å². The smallest absolute Gasteiger partial charge is 0.352 e. The number of hydrogen-bond donors (Lipinski definition) is 0. The molecular formula is C24H13F5O5. The van der Waals surface area contributed by atoms with Crippen LogP contribution in [0.4, 0.5) is 22.0 Å². The summed E-state index contributed by atoms with van der Waals surface area (Å²) in [5.74, 6) is -14.2. The lowest BCUT2D eigenvalue weighted by atomic mass is 10.1. The highest BCUT2D eigenvalue weighted by Gasteiger charge is 2.30. The number of ether oxygens (including phenoxy) is 2. The number of carbonyl (C=O) groups excluding carboxylic acids is 1. The molecule has 0 N–H and O–H groups in total. The van der Waals surface area contributed by atoms with Gasteiger partial charge < -0.3 is 13.9 Å². The van der Waals surface area contributed by atoms with Crippen molar-refractivity contribution in [3.8, 4) is 22.6 Å². The predicted octanol–water partition coefficient (Wildman–Crippen LogP) is 5.53. The van der Waals surface area contributed by atoms with Gasteiger partial charge in [-0.05, 0) is 30.7 Å². The summed E-state index contributed by atoms with van der Waals surface area (Å²) in [6.07, 6.45) is -1.75. The number of rotatable bonds is 5. The van der Waals surface area contributed by atoms with Crippen molar-refractivity contribution >= 4 is 16.9 Å². The Bertz CT molecular complexity index is 1440. The van der Waals surface area contributed by atoms with Gasteiger partial charge in [-0.2, -0.15) is 8.78 Å². The van der Waals surface area contributed by atoms with E-state index in [1.165, 1.54) is 18.2 Å². The molecule has 0 radical (unpaired) electrons. The minimum Gasteiger partial charge on any atom is -0.473 e. The molecule has 1 heterocycles. The van der Waals surface area contributed by atoms with Gasteiger partial charge in [0.05, 0.1) is 5.56 Å². The highest BCUT2D eigenvalue weighted by Crippen LogP contribution is 2.30. The molecule has 0 aliphatic rings. The van der Waals surface area contributed by atoms with Gasteiger partial charge in [-0.1, -0.05) is 30.3 Å². The Morgan fingerprint density at radius 2 is 1.47 bits per heavy atom. The van der Waals surface area contributed by atoms with Crippen LogP contribution in [0.2, 0.25) is 0 Å². The van der Waals surface area contributed by atoms with Crippen LogP contribution in [-0.4, -0.2) is 12.1 Å². The normalized spacial score (nSPS) is 11.9. The first-order valence-corrected chi connectivity index (χ1v) is 9.70. The van der Waals surface area contributed by atoms with E-state index < -0.39 is 52.5 Å². The lowest BCUT2D eigenvalue weighted by Crippen LogP contribution is -2.29. The Labute approximate surface area is 188 Å². The molecule has 0 fully saturated rings. The summed E-state index contributed by atoms with van der Waals surface area (Å²) >= 11 is 0. The fourth-order valence-electron chi connectivity index (χ4n) is 3.09. The van der Waals surface area contributed by atoms with Gasteiger partial charge >= 0.3 is 11.6 Å². The molecule has 0 amide bonds. The maximum atomic E-state index is 13.8. The zero-order chi connectivity index (χ0) is 24.6. The lowest BCUT2D eigenvalue weighted by molar-refractivity contribution is -0.141. The highest BCUT2D eigenvalue weighted by molar-refractivity contribution is 5.84. The first-order valence-electron chi connectivity index (χ1n) is 9.70. The van der Waals surface area contributed by atoms with Gasteiger partial charge in [0.15, 0.2) is 11.9 Å². The van der Waals surface area contributed by atoms with Gasteiger partial charge in [-0.15, -0.1) is 0 Å². The van der Waals surface area contributed by atoms with E-state index in [0.29, 0.717) is 16.5 Å². The van der Waals surface area contributed by atoms with Crippen molar-refractivity contribution in [2.45, 2.75) is 13.0 Å². The van der Waals surface area contributed by atoms with E-state index in [4.69, 9.17) is 9.15 Å². The molecule has 34 heavy (non-hydrogen) atoms. The highest BCUT2D eigenvalue weighted by atomic mass is 19.2. The van der Waals surface area contributed by atoms with Gasteiger partial charge in [-0.3, -0.25) is 0 Å². The monoisotopic (exact) mass is 476 g/mol. The molecule has 0 saturated carbocycles. The van der Waals surface area contributed by atoms with Crippen LogP contribution in [0, 0.1) is 29.1 Å². The fraction of sp³-hybridized carbons (Fsp3) is 0.0833. The van der Waals surface area contributed by atoms with Gasteiger partial charge in [0, 0.05) is 11.5 Å². The summed E-state index contributed by atoms with van der Waals surface area (Å²) in [5.41, 5.74) is 0.420. The fourth-order valence-corrected chi connectivity index (χ4v) is 3.09. The second kappa shape index (κ2) is 8.97. The lowest BCUT2D eigenvalue weighted by Gasteiger charge is -2.15. The molecule has 1 unspecified atom stereocenters. The predicted molar refractivity (Wildman–Crippen MR) is 110 cm³/mol. The molecular weight excluding hydrogens is 463 g/mol. The van der Waals surface area contributed by atoms with E-state index in [-0.39, 0.29) is 11.3 Å². The zero-order valence-electron chi connectivity index (χ0n) is 17.2. The van der Waals surface area contributed by atoms with Crippen LogP contribution < -0.4 is 15.1 Å². The third-order valence-electron chi connectivity index (χ3n) is 4.81. The Balaban J connectivity index is 1.56. The second-order valence-electron chi connectivity index (χ2n) is 7.09. The standard InChI is InChI=1S/C24H13F5O5/c1-11(32-22-20(28)18(26)17(25)19(27)21(22)29)23(30)33-14-8-7-13-9-15(12-5-3-2-4-6-12)24(31)34-16(13)10-14/h2-11H,1H3.